The van der Waals surface area contributed by atoms with Gasteiger partial charge in [0.25, 0.3) is 0 Å². The Kier molecular flexibility index (Phi) is 7.65. The second kappa shape index (κ2) is 10.7. The van der Waals surface area contributed by atoms with Crippen LogP contribution in [-0.4, -0.2) is 62.5 Å². The van der Waals surface area contributed by atoms with E-state index in [1.807, 2.05) is 45.9 Å². The molecule has 8 nitrogen and oxygen atoms in total. The van der Waals surface area contributed by atoms with Crippen LogP contribution in [0, 0.1) is 25.7 Å². The summed E-state index contributed by atoms with van der Waals surface area (Å²) in [6, 6.07) is 11.7. The number of aliphatic hydroxyl groups excluding tert-OH is 1. The number of anilines is 2. The van der Waals surface area contributed by atoms with E-state index in [9.17, 15) is 19.5 Å². The molecule has 0 radical (unpaired) electrons. The van der Waals surface area contributed by atoms with Gasteiger partial charge in [0.2, 0.25) is 17.7 Å². The highest BCUT2D eigenvalue weighted by Gasteiger charge is 2.77. The zero-order chi connectivity index (χ0) is 28.8. The molecule has 3 aliphatic heterocycles. The van der Waals surface area contributed by atoms with Crippen LogP contribution in [0.2, 0.25) is 0 Å². The topological polar surface area (TPSA) is 108 Å². The number of fused-ring (bicyclic) bond motifs is 1. The zero-order valence-electron chi connectivity index (χ0n) is 23.8. The standard InChI is InChI=1S/C31H39N3O5S/c1-6-21(17-35)34-26(28(37)33-25-18(3)9-8-10-19(25)4)31-16-15-30(5,40-31)23(24(31)29(34)38)27(36)32-20-11-13-22(14-12-20)39-7-2/h8-14,21,23-24,26,35H,6-7,15-17H2,1-5H3,(H,32,36)(H,33,37)/t21-,23-,24-,26?,30+,31?/m0/s1. The van der Waals surface area contributed by atoms with Gasteiger partial charge in [-0.05, 0) is 82.3 Å². The summed E-state index contributed by atoms with van der Waals surface area (Å²) >= 11 is 1.62. The number of para-hydroxylation sites is 1. The lowest BCUT2D eigenvalue weighted by molar-refractivity contribution is -0.141. The summed E-state index contributed by atoms with van der Waals surface area (Å²) in [4.78, 5) is 44.0. The molecular weight excluding hydrogens is 526 g/mol. The van der Waals surface area contributed by atoms with Crippen molar-refractivity contribution in [1.82, 2.24) is 4.90 Å². The fraction of sp³-hybridized carbons (Fsp3) is 0.516. The highest BCUT2D eigenvalue weighted by molar-refractivity contribution is 8.02. The molecule has 5 rings (SSSR count). The largest absolute Gasteiger partial charge is 0.494 e. The Morgan fingerprint density at radius 1 is 1.07 bits per heavy atom. The molecule has 2 bridgehead atoms. The fourth-order valence-electron chi connectivity index (χ4n) is 7.10. The number of hydrogen-bond acceptors (Lipinski definition) is 6. The highest BCUT2D eigenvalue weighted by atomic mass is 32.2. The van der Waals surface area contributed by atoms with Crippen molar-refractivity contribution >= 4 is 40.9 Å². The van der Waals surface area contributed by atoms with Gasteiger partial charge in [-0.15, -0.1) is 11.8 Å². The van der Waals surface area contributed by atoms with Gasteiger partial charge in [-0.1, -0.05) is 25.1 Å². The van der Waals surface area contributed by atoms with Crippen LogP contribution >= 0.6 is 11.8 Å². The summed E-state index contributed by atoms with van der Waals surface area (Å²) in [7, 11) is 0. The molecule has 6 atom stereocenters. The van der Waals surface area contributed by atoms with Crippen molar-refractivity contribution in [3.05, 3.63) is 53.6 Å². The van der Waals surface area contributed by atoms with E-state index < -0.39 is 33.4 Å². The Labute approximate surface area is 240 Å². The lowest BCUT2D eigenvalue weighted by atomic mass is 9.66. The Morgan fingerprint density at radius 3 is 2.35 bits per heavy atom. The molecule has 2 aromatic rings. The number of nitrogens with one attached hydrogen (secondary N) is 2. The van der Waals surface area contributed by atoms with Crippen molar-refractivity contribution in [2.75, 3.05) is 23.8 Å². The van der Waals surface area contributed by atoms with Crippen LogP contribution < -0.4 is 15.4 Å². The molecule has 3 saturated heterocycles. The molecule has 2 aromatic carbocycles. The van der Waals surface area contributed by atoms with Crippen LogP contribution in [0.5, 0.6) is 5.75 Å². The maximum absolute atomic E-state index is 14.3. The predicted octanol–water partition coefficient (Wildman–Crippen LogP) is 4.53. The van der Waals surface area contributed by atoms with Crippen molar-refractivity contribution in [3.63, 3.8) is 0 Å². The minimum Gasteiger partial charge on any atom is -0.494 e. The first kappa shape index (κ1) is 28.5. The number of rotatable bonds is 9. The Morgan fingerprint density at radius 2 is 1.75 bits per heavy atom. The molecule has 1 spiro atoms. The number of nitrogens with zero attached hydrogens (tertiary/aromatic N) is 1. The SMILES string of the molecule is CCOc1ccc(NC(=O)[C@@H]2[C@H]3C(=O)N([C@@H](CC)CO)C(C(=O)Nc4c(C)cccc4C)C34CC[C@@]2(C)S4)cc1. The molecule has 40 heavy (non-hydrogen) atoms. The Balaban J connectivity index is 1.50. The molecule has 0 saturated carbocycles. The smallest absolute Gasteiger partial charge is 0.248 e. The summed E-state index contributed by atoms with van der Waals surface area (Å²) in [6.07, 6.45) is 1.88. The number of aliphatic hydroxyl groups is 1. The van der Waals surface area contributed by atoms with Gasteiger partial charge in [0.15, 0.2) is 0 Å². The molecule has 9 heteroatoms. The van der Waals surface area contributed by atoms with Gasteiger partial charge in [0.05, 0.1) is 35.8 Å². The van der Waals surface area contributed by atoms with Crippen LogP contribution in [0.25, 0.3) is 0 Å². The zero-order valence-corrected chi connectivity index (χ0v) is 24.6. The van der Waals surface area contributed by atoms with E-state index in [1.165, 1.54) is 0 Å². The van der Waals surface area contributed by atoms with Crippen LogP contribution in [0.1, 0.15) is 51.2 Å². The van der Waals surface area contributed by atoms with E-state index >= 15 is 0 Å². The lowest BCUT2D eigenvalue weighted by Crippen LogP contribution is -2.54. The number of benzene rings is 2. The number of aryl methyl sites for hydroxylation is 2. The molecule has 0 aromatic heterocycles. The third-order valence-electron chi connectivity index (χ3n) is 8.98. The Hall–Kier alpha value is -3.04. The van der Waals surface area contributed by atoms with Gasteiger partial charge < -0.3 is 25.4 Å². The first-order valence-corrected chi connectivity index (χ1v) is 15.0. The molecule has 0 aliphatic carbocycles. The van der Waals surface area contributed by atoms with Gasteiger partial charge in [0.1, 0.15) is 11.8 Å². The van der Waals surface area contributed by atoms with Gasteiger partial charge in [-0.3, -0.25) is 14.4 Å². The number of carbonyl (C=O) groups excluding carboxylic acids is 3. The summed E-state index contributed by atoms with van der Waals surface area (Å²) in [5.41, 5.74) is 3.25. The second-order valence-electron chi connectivity index (χ2n) is 11.4. The number of carbonyl (C=O) groups is 3. The number of hydrogen-bond donors (Lipinski definition) is 3. The summed E-state index contributed by atoms with van der Waals surface area (Å²) in [5, 5.41) is 16.4. The van der Waals surface area contributed by atoms with Crippen molar-refractivity contribution < 1.29 is 24.2 Å². The van der Waals surface area contributed by atoms with Crippen LogP contribution in [-0.2, 0) is 14.4 Å². The first-order chi connectivity index (χ1) is 19.1. The van der Waals surface area contributed by atoms with E-state index in [4.69, 9.17) is 4.74 Å². The monoisotopic (exact) mass is 565 g/mol. The van der Waals surface area contributed by atoms with E-state index in [1.54, 1.807) is 40.9 Å². The summed E-state index contributed by atoms with van der Waals surface area (Å²) in [6.45, 7) is 10.1. The molecule has 2 unspecified atom stereocenters. The minimum absolute atomic E-state index is 0.216. The summed E-state index contributed by atoms with van der Waals surface area (Å²) < 4.78 is 4.27. The molecule has 3 heterocycles. The van der Waals surface area contributed by atoms with Crippen molar-refractivity contribution in [2.45, 2.75) is 75.5 Å². The van der Waals surface area contributed by atoms with Crippen LogP contribution in [0.15, 0.2) is 42.5 Å². The predicted molar refractivity (Wildman–Crippen MR) is 158 cm³/mol. The second-order valence-corrected chi connectivity index (χ2v) is 13.3. The maximum Gasteiger partial charge on any atom is 0.248 e. The fourth-order valence-corrected chi connectivity index (χ4v) is 9.44. The molecule has 3 amide bonds. The normalized spacial score (nSPS) is 29.3. The quantitative estimate of drug-likeness (QED) is 0.412. The number of amides is 3. The van der Waals surface area contributed by atoms with Crippen molar-refractivity contribution in [1.29, 1.82) is 0 Å². The number of likely N-dealkylation sites (tertiary alicyclic amines) is 1. The lowest BCUT2D eigenvalue weighted by Gasteiger charge is -2.37. The maximum atomic E-state index is 14.3. The average Bonchev–Trinajstić information content (AvgIpc) is 3.49. The molecular formula is C31H39N3O5S. The average molecular weight is 566 g/mol. The van der Waals surface area contributed by atoms with Gasteiger partial charge in [0, 0.05) is 16.1 Å². The highest BCUT2D eigenvalue weighted by Crippen LogP contribution is 2.71. The van der Waals surface area contributed by atoms with E-state index in [0.717, 1.165) is 29.0 Å². The van der Waals surface area contributed by atoms with Gasteiger partial charge in [-0.2, -0.15) is 0 Å². The van der Waals surface area contributed by atoms with Crippen molar-refractivity contribution in [3.8, 4) is 5.75 Å². The summed E-state index contributed by atoms with van der Waals surface area (Å²) in [5.74, 6) is -1.24. The van der Waals surface area contributed by atoms with Gasteiger partial charge in [-0.25, -0.2) is 0 Å². The molecule has 3 N–H and O–H groups in total. The van der Waals surface area contributed by atoms with Crippen LogP contribution in [0.3, 0.4) is 0 Å². The van der Waals surface area contributed by atoms with Crippen LogP contribution in [0.4, 0.5) is 11.4 Å². The van der Waals surface area contributed by atoms with Crippen molar-refractivity contribution in [2.24, 2.45) is 11.8 Å². The number of thioether (sulfide) groups is 1. The van der Waals surface area contributed by atoms with Gasteiger partial charge >= 0.3 is 0 Å². The first-order valence-electron chi connectivity index (χ1n) is 14.1. The van der Waals surface area contributed by atoms with E-state index in [-0.39, 0.29) is 24.3 Å². The minimum atomic E-state index is -0.795. The third kappa shape index (κ3) is 4.47. The van der Waals surface area contributed by atoms with E-state index in [2.05, 4.69) is 17.6 Å². The third-order valence-corrected chi connectivity index (χ3v) is 11.0. The molecule has 214 valence electrons. The van der Waals surface area contributed by atoms with E-state index in [0.29, 0.717) is 25.1 Å². The Bertz CT molecular complexity index is 1290. The number of ether oxygens (including phenoxy) is 1. The molecule has 3 fully saturated rings. The molecule has 3 aliphatic rings.